The first kappa shape index (κ1) is 17.8. The average Bonchev–Trinajstić information content (AvgIpc) is 2.70. The van der Waals surface area contributed by atoms with Crippen LogP contribution in [0.15, 0.2) is 91.0 Å². The van der Waals surface area contributed by atoms with Gasteiger partial charge in [0.05, 0.1) is 6.42 Å². The van der Waals surface area contributed by atoms with E-state index in [2.05, 4.69) is 12.1 Å². The van der Waals surface area contributed by atoms with E-state index in [9.17, 15) is 9.90 Å². The molecule has 138 valence electrons. The van der Waals surface area contributed by atoms with Gasteiger partial charge in [-0.2, -0.15) is 0 Å². The Morgan fingerprint density at radius 1 is 0.786 bits per heavy atom. The molecular weight excluding hydrogens is 348 g/mol. The summed E-state index contributed by atoms with van der Waals surface area (Å²) in [5.74, 6) is 0.734. The van der Waals surface area contributed by atoms with Gasteiger partial charge in [-0.1, -0.05) is 66.7 Å². The Labute approximate surface area is 163 Å². The molecule has 28 heavy (non-hydrogen) atoms. The van der Waals surface area contributed by atoms with Gasteiger partial charge < -0.3 is 9.84 Å². The second-order valence-corrected chi connectivity index (χ2v) is 6.73. The first-order chi connectivity index (χ1) is 13.7. The van der Waals surface area contributed by atoms with Gasteiger partial charge in [-0.15, -0.1) is 0 Å². The number of hydrogen-bond donors (Lipinski definition) is 1. The SMILES string of the molecule is O=C(O)Cc1ccc2ccccc2c1Cc1cccc(Oc2ccccc2)c1. The molecule has 0 aliphatic heterocycles. The van der Waals surface area contributed by atoms with E-state index >= 15 is 0 Å². The summed E-state index contributed by atoms with van der Waals surface area (Å²) in [5, 5.41) is 11.5. The molecule has 0 radical (unpaired) electrons. The first-order valence-corrected chi connectivity index (χ1v) is 9.22. The molecule has 0 aliphatic carbocycles. The summed E-state index contributed by atoms with van der Waals surface area (Å²) in [7, 11) is 0. The maximum absolute atomic E-state index is 11.3. The second kappa shape index (κ2) is 7.97. The van der Waals surface area contributed by atoms with Crippen molar-refractivity contribution in [2.24, 2.45) is 0 Å². The Morgan fingerprint density at radius 2 is 1.54 bits per heavy atom. The molecule has 0 heterocycles. The lowest BCUT2D eigenvalue weighted by Crippen LogP contribution is -2.05. The average molecular weight is 368 g/mol. The van der Waals surface area contributed by atoms with E-state index in [0.29, 0.717) is 6.42 Å². The van der Waals surface area contributed by atoms with Crippen LogP contribution in [0.5, 0.6) is 11.5 Å². The molecule has 0 bridgehead atoms. The van der Waals surface area contributed by atoms with Crippen LogP contribution in [-0.2, 0) is 17.6 Å². The third-order valence-corrected chi connectivity index (χ3v) is 4.74. The molecule has 0 saturated carbocycles. The summed E-state index contributed by atoms with van der Waals surface area (Å²) in [4.78, 5) is 11.3. The van der Waals surface area contributed by atoms with Crippen LogP contribution in [0.2, 0.25) is 0 Å². The molecule has 4 aromatic carbocycles. The molecule has 4 rings (SSSR count). The van der Waals surface area contributed by atoms with Crippen molar-refractivity contribution < 1.29 is 14.6 Å². The minimum Gasteiger partial charge on any atom is -0.481 e. The van der Waals surface area contributed by atoms with Gasteiger partial charge in [0.25, 0.3) is 0 Å². The summed E-state index contributed by atoms with van der Waals surface area (Å²) in [5.41, 5.74) is 2.98. The van der Waals surface area contributed by atoms with Crippen molar-refractivity contribution in [3.8, 4) is 11.5 Å². The van der Waals surface area contributed by atoms with Crippen LogP contribution in [0.25, 0.3) is 10.8 Å². The van der Waals surface area contributed by atoms with Crippen molar-refractivity contribution in [1.82, 2.24) is 0 Å². The van der Waals surface area contributed by atoms with Crippen molar-refractivity contribution in [2.75, 3.05) is 0 Å². The lowest BCUT2D eigenvalue weighted by atomic mass is 9.92. The van der Waals surface area contributed by atoms with Gasteiger partial charge in [0.2, 0.25) is 0 Å². The lowest BCUT2D eigenvalue weighted by molar-refractivity contribution is -0.136. The molecule has 3 heteroatoms. The Kier molecular flexibility index (Phi) is 5.07. The molecule has 0 unspecified atom stereocenters. The van der Waals surface area contributed by atoms with E-state index in [0.717, 1.165) is 39.0 Å². The number of fused-ring (bicyclic) bond motifs is 1. The topological polar surface area (TPSA) is 46.5 Å². The molecule has 0 spiro atoms. The van der Waals surface area contributed by atoms with Crippen LogP contribution < -0.4 is 4.74 Å². The van der Waals surface area contributed by atoms with Crippen LogP contribution in [0, 0.1) is 0 Å². The molecule has 3 nitrogen and oxygen atoms in total. The van der Waals surface area contributed by atoms with Gasteiger partial charge in [-0.3, -0.25) is 4.79 Å². The number of carboxylic acids is 1. The highest BCUT2D eigenvalue weighted by Gasteiger charge is 2.12. The predicted molar refractivity (Wildman–Crippen MR) is 111 cm³/mol. The van der Waals surface area contributed by atoms with Gasteiger partial charge in [0.1, 0.15) is 11.5 Å². The van der Waals surface area contributed by atoms with Crippen molar-refractivity contribution in [1.29, 1.82) is 0 Å². The second-order valence-electron chi connectivity index (χ2n) is 6.73. The number of rotatable bonds is 6. The number of carbonyl (C=O) groups is 1. The standard InChI is InChI=1S/C25H20O3/c26-25(27)17-20-14-13-19-8-4-5-12-23(19)24(20)16-18-7-6-11-22(15-18)28-21-9-2-1-3-10-21/h1-15H,16-17H2,(H,26,27). The van der Waals surface area contributed by atoms with Gasteiger partial charge in [0.15, 0.2) is 0 Å². The normalized spacial score (nSPS) is 10.7. The Morgan fingerprint density at radius 3 is 2.36 bits per heavy atom. The molecule has 0 amide bonds. The Balaban J connectivity index is 1.69. The van der Waals surface area contributed by atoms with Crippen molar-refractivity contribution in [2.45, 2.75) is 12.8 Å². The van der Waals surface area contributed by atoms with Gasteiger partial charge in [0, 0.05) is 0 Å². The van der Waals surface area contributed by atoms with E-state index in [4.69, 9.17) is 4.74 Å². The largest absolute Gasteiger partial charge is 0.481 e. The smallest absolute Gasteiger partial charge is 0.307 e. The molecule has 0 saturated heterocycles. The molecule has 0 aromatic heterocycles. The highest BCUT2D eigenvalue weighted by atomic mass is 16.5. The number of carboxylic acid groups (broad SMARTS) is 1. The third-order valence-electron chi connectivity index (χ3n) is 4.74. The fourth-order valence-corrected chi connectivity index (χ4v) is 3.47. The minimum absolute atomic E-state index is 0.0143. The summed E-state index contributed by atoms with van der Waals surface area (Å²) >= 11 is 0. The molecule has 0 atom stereocenters. The first-order valence-electron chi connectivity index (χ1n) is 9.22. The quantitative estimate of drug-likeness (QED) is 0.464. The monoisotopic (exact) mass is 368 g/mol. The molecule has 4 aromatic rings. The van der Waals surface area contributed by atoms with Crippen molar-refractivity contribution in [3.05, 3.63) is 108 Å². The Hall–Kier alpha value is -3.59. The molecule has 1 N–H and O–H groups in total. The highest BCUT2D eigenvalue weighted by molar-refractivity contribution is 5.88. The van der Waals surface area contributed by atoms with Crippen LogP contribution in [-0.4, -0.2) is 11.1 Å². The highest BCUT2D eigenvalue weighted by Crippen LogP contribution is 2.28. The number of benzene rings is 4. The fraction of sp³-hybridized carbons (Fsp3) is 0.0800. The van der Waals surface area contributed by atoms with Crippen LogP contribution in [0.1, 0.15) is 16.7 Å². The van der Waals surface area contributed by atoms with Crippen LogP contribution in [0.3, 0.4) is 0 Å². The Bertz CT molecular complexity index is 1120. The van der Waals surface area contributed by atoms with Gasteiger partial charge in [-0.25, -0.2) is 0 Å². The maximum Gasteiger partial charge on any atom is 0.307 e. The summed E-state index contributed by atoms with van der Waals surface area (Å²) in [6.07, 6.45) is 0.663. The summed E-state index contributed by atoms with van der Waals surface area (Å²) in [6, 6.07) is 29.6. The number of aliphatic carboxylic acids is 1. The predicted octanol–water partition coefficient (Wildman–Crippen LogP) is 5.85. The van der Waals surface area contributed by atoms with Crippen molar-refractivity contribution >= 4 is 16.7 Å². The van der Waals surface area contributed by atoms with Crippen LogP contribution in [0.4, 0.5) is 0 Å². The van der Waals surface area contributed by atoms with E-state index in [-0.39, 0.29) is 6.42 Å². The zero-order chi connectivity index (χ0) is 19.3. The van der Waals surface area contributed by atoms with E-state index in [1.165, 1.54) is 0 Å². The zero-order valence-corrected chi connectivity index (χ0v) is 15.3. The minimum atomic E-state index is -0.822. The molecule has 0 fully saturated rings. The van der Waals surface area contributed by atoms with E-state index in [1.54, 1.807) is 0 Å². The number of para-hydroxylation sites is 1. The molecular formula is C25H20O3. The maximum atomic E-state index is 11.3. The number of ether oxygens (including phenoxy) is 1. The summed E-state index contributed by atoms with van der Waals surface area (Å²) in [6.45, 7) is 0. The van der Waals surface area contributed by atoms with Gasteiger partial charge >= 0.3 is 5.97 Å². The van der Waals surface area contributed by atoms with Crippen LogP contribution >= 0.6 is 0 Å². The summed E-state index contributed by atoms with van der Waals surface area (Å²) < 4.78 is 5.94. The van der Waals surface area contributed by atoms with Crippen molar-refractivity contribution in [3.63, 3.8) is 0 Å². The van der Waals surface area contributed by atoms with E-state index in [1.807, 2.05) is 78.9 Å². The van der Waals surface area contributed by atoms with E-state index < -0.39 is 5.97 Å². The molecule has 0 aliphatic rings. The lowest BCUT2D eigenvalue weighted by Gasteiger charge is -2.13. The van der Waals surface area contributed by atoms with Gasteiger partial charge in [-0.05, 0) is 58.1 Å². The third kappa shape index (κ3) is 4.04. The fourth-order valence-electron chi connectivity index (χ4n) is 3.47. The zero-order valence-electron chi connectivity index (χ0n) is 15.3. The number of hydrogen-bond acceptors (Lipinski definition) is 2.